The van der Waals surface area contributed by atoms with E-state index < -0.39 is 18.3 Å². The van der Waals surface area contributed by atoms with Crippen LogP contribution in [-0.4, -0.2) is 34.6 Å². The van der Waals surface area contributed by atoms with E-state index >= 15 is 0 Å². The normalized spacial score (nSPS) is 41.0. The number of aliphatic hydroxyl groups is 2. The third-order valence-electron chi connectivity index (χ3n) is 2.03. The van der Waals surface area contributed by atoms with E-state index in [-0.39, 0.29) is 27.2 Å². The zero-order valence-corrected chi connectivity index (χ0v) is 10.1. The van der Waals surface area contributed by atoms with Gasteiger partial charge in [-0.3, -0.25) is 0 Å². The van der Waals surface area contributed by atoms with Crippen LogP contribution in [0.15, 0.2) is 0 Å². The molecule has 3 nitrogen and oxygen atoms in total. The molecule has 0 unspecified atom stereocenters. The van der Waals surface area contributed by atoms with E-state index in [1.807, 2.05) is 6.92 Å². The molecule has 4 atom stereocenters. The molecule has 12 heavy (non-hydrogen) atoms. The van der Waals surface area contributed by atoms with E-state index in [4.69, 9.17) is 4.74 Å². The minimum Gasteiger partial charge on any atom is -0.402 e. The predicted molar refractivity (Wildman–Crippen MR) is 40.9 cm³/mol. The van der Waals surface area contributed by atoms with Gasteiger partial charge in [-0.15, -0.1) is 0 Å². The maximum atomic E-state index is 9.34. The first-order chi connectivity index (χ1) is 5.16. The summed E-state index contributed by atoms with van der Waals surface area (Å²) in [6.45, 7) is 5.58. The van der Waals surface area contributed by atoms with E-state index in [0.717, 1.165) is 12.8 Å². The van der Waals surface area contributed by atoms with Crippen molar-refractivity contribution in [2.75, 3.05) is 0 Å². The molecule has 0 aliphatic carbocycles. The van der Waals surface area contributed by atoms with Crippen molar-refractivity contribution in [1.29, 1.82) is 0 Å². The molecule has 0 radical (unpaired) electrons. The molecule has 2 N–H and O–H groups in total. The molecule has 72 valence electrons. The second kappa shape index (κ2) is 5.33. The Bertz CT molecular complexity index is 131. The average Bonchev–Trinajstić information content (AvgIpc) is 2.19. The summed E-state index contributed by atoms with van der Waals surface area (Å²) in [6, 6.07) is 0. The van der Waals surface area contributed by atoms with Gasteiger partial charge in [-0.25, -0.2) is 0 Å². The number of ether oxygens (including phenoxy) is 1. The van der Waals surface area contributed by atoms with Crippen LogP contribution in [0, 0.1) is 6.92 Å². The molecular weight excluding hydrogens is 328 g/mol. The van der Waals surface area contributed by atoms with Crippen LogP contribution in [0.1, 0.15) is 19.8 Å². The van der Waals surface area contributed by atoms with E-state index in [1.165, 1.54) is 0 Å². The second-order valence-corrected chi connectivity index (χ2v) is 2.98. The SMILES string of the molecule is [CH2-][C@H]1O[C@@H](CCC)[C@H](O)[C@@H]1O.[W]. The molecule has 0 spiro atoms. The topological polar surface area (TPSA) is 49.7 Å². The van der Waals surface area contributed by atoms with Gasteiger partial charge in [-0.05, 0) is 12.5 Å². The maximum absolute atomic E-state index is 9.34. The fourth-order valence-electron chi connectivity index (χ4n) is 1.35. The standard InChI is InChI=1S/C8H15O3.W/c1-3-4-6-8(10)7(9)5(2)11-6;/h5-10H,2-4H2,1H3;/q-1;/t5-,6+,7-,8+;/m1./s1. The van der Waals surface area contributed by atoms with Crippen molar-refractivity contribution in [3.05, 3.63) is 6.92 Å². The van der Waals surface area contributed by atoms with Gasteiger partial charge in [0.05, 0.1) is 12.2 Å². The smallest absolute Gasteiger partial charge is 0.106 e. The van der Waals surface area contributed by atoms with Crippen LogP contribution in [0.25, 0.3) is 0 Å². The van der Waals surface area contributed by atoms with Crippen molar-refractivity contribution in [1.82, 2.24) is 0 Å². The molecule has 0 aromatic carbocycles. The molecule has 4 heteroatoms. The minimum atomic E-state index is -0.813. The van der Waals surface area contributed by atoms with Crippen LogP contribution in [-0.2, 0) is 25.8 Å². The van der Waals surface area contributed by atoms with Crippen LogP contribution < -0.4 is 0 Å². The number of hydrogen-bond acceptors (Lipinski definition) is 3. The molecule has 0 saturated carbocycles. The van der Waals surface area contributed by atoms with Gasteiger partial charge in [0, 0.05) is 21.1 Å². The van der Waals surface area contributed by atoms with Crippen molar-refractivity contribution >= 4 is 0 Å². The van der Waals surface area contributed by atoms with Crippen LogP contribution in [0.4, 0.5) is 0 Å². The Balaban J connectivity index is 0.00000121. The first-order valence-electron chi connectivity index (χ1n) is 4.01. The van der Waals surface area contributed by atoms with Crippen molar-refractivity contribution in [2.45, 2.75) is 44.2 Å². The third-order valence-corrected chi connectivity index (χ3v) is 2.03. The average molecular weight is 343 g/mol. The predicted octanol–water partition coefficient (Wildman–Crippen LogP) is 0.107. The molecule has 0 aromatic heterocycles. The number of aliphatic hydroxyl groups excluding tert-OH is 2. The molecule has 0 amide bonds. The Labute approximate surface area is 87.4 Å². The van der Waals surface area contributed by atoms with Crippen molar-refractivity contribution < 1.29 is 36.0 Å². The summed E-state index contributed by atoms with van der Waals surface area (Å²) in [4.78, 5) is 0. The summed E-state index contributed by atoms with van der Waals surface area (Å²) >= 11 is 0. The van der Waals surface area contributed by atoms with Crippen LogP contribution in [0.5, 0.6) is 0 Å². The van der Waals surface area contributed by atoms with E-state index in [1.54, 1.807) is 0 Å². The quantitative estimate of drug-likeness (QED) is 0.700. The zero-order chi connectivity index (χ0) is 8.43. The van der Waals surface area contributed by atoms with Gasteiger partial charge in [0.1, 0.15) is 6.10 Å². The van der Waals surface area contributed by atoms with E-state index in [2.05, 4.69) is 6.92 Å². The molecule has 1 saturated heterocycles. The molecular formula is C8H15O3W-. The molecule has 1 fully saturated rings. The summed E-state index contributed by atoms with van der Waals surface area (Å²) < 4.78 is 5.22. The van der Waals surface area contributed by atoms with Gasteiger partial charge in [-0.1, -0.05) is 13.3 Å². The Morgan fingerprint density at radius 2 is 1.92 bits per heavy atom. The van der Waals surface area contributed by atoms with Crippen LogP contribution >= 0.6 is 0 Å². The third kappa shape index (κ3) is 2.53. The monoisotopic (exact) mass is 343 g/mol. The largest absolute Gasteiger partial charge is 0.402 e. The summed E-state index contributed by atoms with van der Waals surface area (Å²) in [6.07, 6.45) is -0.533. The molecule has 0 bridgehead atoms. The van der Waals surface area contributed by atoms with Crippen LogP contribution in [0.3, 0.4) is 0 Å². The first kappa shape index (κ1) is 12.6. The number of rotatable bonds is 2. The van der Waals surface area contributed by atoms with Gasteiger partial charge < -0.3 is 21.9 Å². The van der Waals surface area contributed by atoms with Crippen LogP contribution in [0.2, 0.25) is 0 Å². The Hall–Kier alpha value is 0.568. The maximum Gasteiger partial charge on any atom is 0.106 e. The zero-order valence-electron chi connectivity index (χ0n) is 7.14. The van der Waals surface area contributed by atoms with E-state index in [0.29, 0.717) is 0 Å². The molecule has 1 aliphatic rings. The van der Waals surface area contributed by atoms with Crippen molar-refractivity contribution in [3.63, 3.8) is 0 Å². The number of hydrogen-bond donors (Lipinski definition) is 2. The molecule has 1 rings (SSSR count). The summed E-state index contributed by atoms with van der Waals surface area (Å²) in [5, 5.41) is 18.6. The second-order valence-electron chi connectivity index (χ2n) is 2.98. The summed E-state index contributed by atoms with van der Waals surface area (Å²) in [7, 11) is 0. The Kier molecular flexibility index (Phi) is 5.58. The molecule has 0 aromatic rings. The van der Waals surface area contributed by atoms with Gasteiger partial charge in [0.25, 0.3) is 0 Å². The van der Waals surface area contributed by atoms with Gasteiger partial charge in [-0.2, -0.15) is 0 Å². The summed E-state index contributed by atoms with van der Waals surface area (Å²) in [5.74, 6) is 0. The fraction of sp³-hybridized carbons (Fsp3) is 0.875. The Morgan fingerprint density at radius 3 is 2.25 bits per heavy atom. The Morgan fingerprint density at radius 1 is 1.33 bits per heavy atom. The first-order valence-corrected chi connectivity index (χ1v) is 4.01. The van der Waals surface area contributed by atoms with E-state index in [9.17, 15) is 10.2 Å². The van der Waals surface area contributed by atoms with Gasteiger partial charge >= 0.3 is 0 Å². The fourth-order valence-corrected chi connectivity index (χ4v) is 1.35. The molecule has 1 aliphatic heterocycles. The van der Waals surface area contributed by atoms with Crippen molar-refractivity contribution in [3.8, 4) is 0 Å². The van der Waals surface area contributed by atoms with Crippen molar-refractivity contribution in [2.24, 2.45) is 0 Å². The molecule has 1 heterocycles. The minimum absolute atomic E-state index is 0. The van der Waals surface area contributed by atoms with Gasteiger partial charge in [0.15, 0.2) is 0 Å². The summed E-state index contributed by atoms with van der Waals surface area (Å²) in [5.41, 5.74) is 0. The van der Waals surface area contributed by atoms with Gasteiger partial charge in [0.2, 0.25) is 0 Å².